The lowest BCUT2D eigenvalue weighted by Crippen LogP contribution is -2.37. The van der Waals surface area contributed by atoms with Crippen LogP contribution in [0.2, 0.25) is 0 Å². The molecule has 0 bridgehead atoms. The van der Waals surface area contributed by atoms with E-state index in [1.807, 2.05) is 25.1 Å². The molecule has 24 heavy (non-hydrogen) atoms. The van der Waals surface area contributed by atoms with Crippen molar-refractivity contribution in [2.75, 3.05) is 37.9 Å². The quantitative estimate of drug-likeness (QED) is 0.727. The van der Waals surface area contributed by atoms with Gasteiger partial charge in [0.15, 0.2) is 0 Å². The zero-order valence-electron chi connectivity index (χ0n) is 14.2. The fourth-order valence-corrected chi connectivity index (χ4v) is 4.15. The summed E-state index contributed by atoms with van der Waals surface area (Å²) in [4.78, 5) is 11.8. The van der Waals surface area contributed by atoms with Crippen molar-refractivity contribution in [1.82, 2.24) is 9.62 Å². The van der Waals surface area contributed by atoms with Crippen molar-refractivity contribution in [2.45, 2.75) is 26.3 Å². The maximum atomic E-state index is 12.2. The van der Waals surface area contributed by atoms with Crippen LogP contribution < -0.4 is 10.6 Å². The molecule has 7 nitrogen and oxygen atoms in total. The molecule has 0 radical (unpaired) electrons. The van der Waals surface area contributed by atoms with Crippen LogP contribution >= 0.6 is 0 Å². The highest BCUT2D eigenvalue weighted by atomic mass is 32.2. The second-order valence-corrected chi connectivity index (χ2v) is 7.85. The normalized spacial score (nSPS) is 14.9. The minimum atomic E-state index is -3.21. The Kier molecular flexibility index (Phi) is 6.59. The highest BCUT2D eigenvalue weighted by Crippen LogP contribution is 2.24. The van der Waals surface area contributed by atoms with E-state index in [-0.39, 0.29) is 11.8 Å². The van der Waals surface area contributed by atoms with Gasteiger partial charge in [-0.25, -0.2) is 13.2 Å². The SMILES string of the molecule is CCCS(=O)(=O)N1CCc2ccc(NC(=O)NCCOC)cc2C1. The van der Waals surface area contributed by atoms with Gasteiger partial charge in [-0.2, -0.15) is 4.31 Å². The van der Waals surface area contributed by atoms with E-state index in [2.05, 4.69) is 10.6 Å². The minimum absolute atomic E-state index is 0.169. The van der Waals surface area contributed by atoms with E-state index < -0.39 is 10.0 Å². The Hall–Kier alpha value is -1.64. The number of nitrogens with one attached hydrogen (secondary N) is 2. The van der Waals surface area contributed by atoms with E-state index >= 15 is 0 Å². The van der Waals surface area contributed by atoms with Crippen LogP contribution in [0.3, 0.4) is 0 Å². The second kappa shape index (κ2) is 8.46. The van der Waals surface area contributed by atoms with Crippen LogP contribution in [0.15, 0.2) is 18.2 Å². The average Bonchev–Trinajstić information content (AvgIpc) is 2.54. The molecule has 8 heteroatoms. The van der Waals surface area contributed by atoms with Gasteiger partial charge in [-0.15, -0.1) is 0 Å². The predicted octanol–water partition coefficient (Wildman–Crippen LogP) is 1.55. The van der Waals surface area contributed by atoms with Crippen molar-refractivity contribution in [3.05, 3.63) is 29.3 Å². The van der Waals surface area contributed by atoms with E-state index in [1.54, 1.807) is 7.11 Å². The molecule has 2 amide bonds. The highest BCUT2D eigenvalue weighted by Gasteiger charge is 2.26. The van der Waals surface area contributed by atoms with Gasteiger partial charge in [0, 0.05) is 32.4 Å². The van der Waals surface area contributed by atoms with Gasteiger partial charge in [0.1, 0.15) is 0 Å². The summed E-state index contributed by atoms with van der Waals surface area (Å²) in [6.07, 6.45) is 1.30. The van der Waals surface area contributed by atoms with E-state index in [1.165, 1.54) is 4.31 Å². The molecule has 1 aromatic rings. The summed E-state index contributed by atoms with van der Waals surface area (Å²) in [6.45, 7) is 3.61. The Morgan fingerprint density at radius 2 is 2.12 bits per heavy atom. The number of carbonyl (C=O) groups excluding carboxylic acids is 1. The van der Waals surface area contributed by atoms with Gasteiger partial charge in [-0.05, 0) is 36.1 Å². The number of hydrogen-bond donors (Lipinski definition) is 2. The van der Waals surface area contributed by atoms with Gasteiger partial charge in [-0.1, -0.05) is 13.0 Å². The Balaban J connectivity index is 2.04. The molecule has 1 aliphatic rings. The topological polar surface area (TPSA) is 87.7 Å². The highest BCUT2D eigenvalue weighted by molar-refractivity contribution is 7.89. The lowest BCUT2D eigenvalue weighted by atomic mass is 10.0. The van der Waals surface area contributed by atoms with E-state index in [0.717, 1.165) is 11.1 Å². The summed E-state index contributed by atoms with van der Waals surface area (Å²) in [5.74, 6) is 0.169. The molecule has 1 heterocycles. The van der Waals surface area contributed by atoms with Crippen LogP contribution in [0.1, 0.15) is 24.5 Å². The molecule has 0 atom stereocenters. The van der Waals surface area contributed by atoms with Crippen LogP contribution in [-0.2, 0) is 27.7 Å². The van der Waals surface area contributed by atoms with E-state index in [0.29, 0.717) is 44.8 Å². The Bertz CT molecular complexity index is 676. The number of anilines is 1. The molecular formula is C16H25N3O4S. The summed E-state index contributed by atoms with van der Waals surface area (Å²) in [5, 5.41) is 5.44. The second-order valence-electron chi connectivity index (χ2n) is 5.76. The number of hydrogen-bond acceptors (Lipinski definition) is 4. The van der Waals surface area contributed by atoms with Crippen molar-refractivity contribution >= 4 is 21.7 Å². The number of rotatable bonds is 7. The number of nitrogens with zero attached hydrogens (tertiary/aromatic N) is 1. The summed E-state index contributed by atoms with van der Waals surface area (Å²) in [6, 6.07) is 5.33. The molecule has 0 fully saturated rings. The summed E-state index contributed by atoms with van der Waals surface area (Å²) < 4.78 is 30.9. The fourth-order valence-electron chi connectivity index (χ4n) is 2.68. The molecule has 1 aromatic carbocycles. The maximum Gasteiger partial charge on any atom is 0.319 e. The van der Waals surface area contributed by atoms with Crippen LogP contribution in [0.5, 0.6) is 0 Å². The standard InChI is InChI=1S/C16H25N3O4S/c1-3-10-24(21,22)19-8-6-13-4-5-15(11-14(13)12-19)18-16(20)17-7-9-23-2/h4-5,11H,3,6-10,12H2,1-2H3,(H2,17,18,20). The summed E-state index contributed by atoms with van der Waals surface area (Å²) in [7, 11) is -1.64. The third-order valence-electron chi connectivity index (χ3n) is 3.89. The van der Waals surface area contributed by atoms with Crippen molar-refractivity contribution in [3.63, 3.8) is 0 Å². The van der Waals surface area contributed by atoms with Gasteiger partial charge < -0.3 is 15.4 Å². The monoisotopic (exact) mass is 355 g/mol. The molecule has 1 aliphatic heterocycles. The van der Waals surface area contributed by atoms with Gasteiger partial charge in [0.25, 0.3) is 0 Å². The van der Waals surface area contributed by atoms with Crippen molar-refractivity contribution in [1.29, 1.82) is 0 Å². The largest absolute Gasteiger partial charge is 0.383 e. The molecule has 0 aromatic heterocycles. The smallest absolute Gasteiger partial charge is 0.319 e. The minimum Gasteiger partial charge on any atom is -0.383 e. The van der Waals surface area contributed by atoms with Gasteiger partial charge >= 0.3 is 6.03 Å². The first-order valence-corrected chi connectivity index (χ1v) is 9.70. The number of urea groups is 1. The van der Waals surface area contributed by atoms with Crippen molar-refractivity contribution in [2.24, 2.45) is 0 Å². The fraction of sp³-hybridized carbons (Fsp3) is 0.562. The molecule has 0 aliphatic carbocycles. The first-order valence-electron chi connectivity index (χ1n) is 8.09. The molecular weight excluding hydrogens is 330 g/mol. The summed E-state index contributed by atoms with van der Waals surface area (Å²) >= 11 is 0. The third kappa shape index (κ3) is 4.93. The van der Waals surface area contributed by atoms with Gasteiger partial charge in [-0.3, -0.25) is 0 Å². The van der Waals surface area contributed by atoms with Crippen LogP contribution in [-0.4, -0.2) is 51.3 Å². The zero-order chi connectivity index (χ0) is 17.6. The lowest BCUT2D eigenvalue weighted by Gasteiger charge is -2.28. The molecule has 0 saturated carbocycles. The molecule has 2 rings (SSSR count). The number of methoxy groups -OCH3 is 1. The molecule has 2 N–H and O–H groups in total. The number of fused-ring (bicyclic) bond motifs is 1. The van der Waals surface area contributed by atoms with E-state index in [9.17, 15) is 13.2 Å². The number of sulfonamides is 1. The first kappa shape index (κ1) is 18.7. The zero-order valence-corrected chi connectivity index (χ0v) is 15.0. The molecule has 0 spiro atoms. The third-order valence-corrected chi connectivity index (χ3v) is 5.91. The molecule has 134 valence electrons. The van der Waals surface area contributed by atoms with Crippen LogP contribution in [0, 0.1) is 0 Å². The molecule has 0 unspecified atom stereocenters. The average molecular weight is 355 g/mol. The number of amides is 2. The Morgan fingerprint density at radius 1 is 1.33 bits per heavy atom. The van der Waals surface area contributed by atoms with Crippen LogP contribution in [0.4, 0.5) is 10.5 Å². The van der Waals surface area contributed by atoms with Gasteiger partial charge in [0.05, 0.1) is 12.4 Å². The number of benzene rings is 1. The first-order chi connectivity index (χ1) is 11.5. The van der Waals surface area contributed by atoms with E-state index in [4.69, 9.17) is 4.74 Å². The van der Waals surface area contributed by atoms with Crippen LogP contribution in [0.25, 0.3) is 0 Å². The summed E-state index contributed by atoms with van der Waals surface area (Å²) in [5.41, 5.74) is 2.72. The number of carbonyl (C=O) groups is 1. The Morgan fingerprint density at radius 3 is 2.83 bits per heavy atom. The van der Waals surface area contributed by atoms with Gasteiger partial charge in [0.2, 0.25) is 10.0 Å². The predicted molar refractivity (Wildman–Crippen MR) is 93.5 cm³/mol. The maximum absolute atomic E-state index is 12.2. The Labute approximate surface area is 143 Å². The molecule has 0 saturated heterocycles. The van der Waals surface area contributed by atoms with Crippen molar-refractivity contribution in [3.8, 4) is 0 Å². The van der Waals surface area contributed by atoms with Crippen molar-refractivity contribution < 1.29 is 17.9 Å². The lowest BCUT2D eigenvalue weighted by molar-refractivity contribution is 0.198. The number of ether oxygens (including phenoxy) is 1.